The number of nitrogens with zero attached hydrogens (tertiary/aromatic N) is 2. The molecule has 6 heteroatoms. The minimum Gasteiger partial charge on any atom is -0.509 e. The van der Waals surface area contributed by atoms with Gasteiger partial charge in [-0.15, -0.1) is 0 Å². The Morgan fingerprint density at radius 2 is 1.80 bits per heavy atom. The highest BCUT2D eigenvalue weighted by molar-refractivity contribution is 6.23. The molecule has 0 saturated heterocycles. The van der Waals surface area contributed by atoms with Crippen LogP contribution in [0.1, 0.15) is 17.4 Å². The van der Waals surface area contributed by atoms with Crippen molar-refractivity contribution in [1.29, 1.82) is 5.41 Å². The van der Waals surface area contributed by atoms with Gasteiger partial charge in [0, 0.05) is 6.54 Å². The lowest BCUT2D eigenvalue weighted by Crippen LogP contribution is -2.32. The van der Waals surface area contributed by atoms with Crippen molar-refractivity contribution >= 4 is 22.4 Å². The van der Waals surface area contributed by atoms with Gasteiger partial charge in [-0.2, -0.15) is 0 Å². The van der Waals surface area contributed by atoms with Crippen LogP contribution in [-0.4, -0.2) is 44.1 Å². The highest BCUT2D eigenvalue weighted by atomic mass is 16.3. The first-order chi connectivity index (χ1) is 12.2. The molecule has 0 bridgehead atoms. The number of aliphatic hydroxyl groups is 2. The number of aliphatic hydroxyl groups excluding tert-OH is 2. The highest BCUT2D eigenvalue weighted by Gasteiger charge is 2.39. The van der Waals surface area contributed by atoms with Crippen molar-refractivity contribution < 1.29 is 10.2 Å². The van der Waals surface area contributed by atoms with E-state index in [-0.39, 0.29) is 24.7 Å². The van der Waals surface area contributed by atoms with Crippen molar-refractivity contribution in [3.8, 4) is 0 Å². The van der Waals surface area contributed by atoms with Crippen LogP contribution in [0, 0.1) is 5.41 Å². The summed E-state index contributed by atoms with van der Waals surface area (Å²) < 4.78 is 0. The molecule has 0 aliphatic carbocycles. The summed E-state index contributed by atoms with van der Waals surface area (Å²) in [6.45, 7) is 0.151. The van der Waals surface area contributed by atoms with Crippen LogP contribution in [0.25, 0.3) is 16.6 Å². The number of benzene rings is 2. The van der Waals surface area contributed by atoms with Gasteiger partial charge in [-0.3, -0.25) is 5.41 Å². The van der Waals surface area contributed by atoms with E-state index in [2.05, 4.69) is 9.97 Å². The summed E-state index contributed by atoms with van der Waals surface area (Å²) in [6.07, 6.45) is 0. The number of rotatable bonds is 4. The molecule has 2 aromatic carbocycles. The van der Waals surface area contributed by atoms with Gasteiger partial charge in [0.2, 0.25) is 0 Å². The minimum absolute atomic E-state index is 0.0729. The van der Waals surface area contributed by atoms with Gasteiger partial charge in [0.15, 0.2) is 0 Å². The fourth-order valence-corrected chi connectivity index (χ4v) is 3.30. The summed E-state index contributed by atoms with van der Waals surface area (Å²) in [7, 11) is 0. The van der Waals surface area contributed by atoms with Gasteiger partial charge in [-0.05, 0) is 17.7 Å². The topological polar surface area (TPSA) is 96.2 Å². The van der Waals surface area contributed by atoms with Crippen molar-refractivity contribution in [2.24, 2.45) is 0 Å². The Balaban J connectivity index is 1.85. The number of fused-ring (bicyclic) bond motifs is 1. The van der Waals surface area contributed by atoms with Crippen LogP contribution in [0.3, 0.4) is 0 Å². The summed E-state index contributed by atoms with van der Waals surface area (Å²) in [5.41, 5.74) is 2.87. The molecule has 6 nitrogen and oxygen atoms in total. The summed E-state index contributed by atoms with van der Waals surface area (Å²) >= 11 is 0. The number of H-pyrrole nitrogens is 1. The molecule has 4 rings (SSSR count). The number of para-hydroxylation sites is 2. The summed E-state index contributed by atoms with van der Waals surface area (Å²) in [5, 5.41) is 28.8. The minimum atomic E-state index is -0.496. The van der Waals surface area contributed by atoms with Crippen molar-refractivity contribution in [3.63, 3.8) is 0 Å². The number of aromatic amines is 1. The highest BCUT2D eigenvalue weighted by Crippen LogP contribution is 2.40. The molecule has 0 amide bonds. The monoisotopic (exact) mass is 334 g/mol. The quantitative estimate of drug-likeness (QED) is 0.590. The summed E-state index contributed by atoms with van der Waals surface area (Å²) in [4.78, 5) is 9.38. The largest absolute Gasteiger partial charge is 0.509 e. The zero-order chi connectivity index (χ0) is 17.4. The van der Waals surface area contributed by atoms with Crippen LogP contribution in [0.4, 0.5) is 0 Å². The first kappa shape index (κ1) is 15.4. The Hall–Kier alpha value is -3.12. The number of imidazole rings is 1. The van der Waals surface area contributed by atoms with Gasteiger partial charge >= 0.3 is 0 Å². The summed E-state index contributed by atoms with van der Waals surface area (Å²) in [5.74, 6) is 0.688. The molecule has 1 aromatic heterocycles. The molecule has 2 heterocycles. The maximum absolute atomic E-state index is 10.9. The Bertz CT molecular complexity index is 929. The average molecular weight is 334 g/mol. The predicted molar refractivity (Wildman–Crippen MR) is 96.3 cm³/mol. The van der Waals surface area contributed by atoms with Crippen molar-refractivity contribution in [3.05, 3.63) is 71.7 Å². The molecule has 0 fully saturated rings. The average Bonchev–Trinajstić information content (AvgIpc) is 3.15. The van der Waals surface area contributed by atoms with Crippen LogP contribution in [0.15, 0.2) is 60.4 Å². The second-order valence-electron chi connectivity index (χ2n) is 5.94. The molecule has 0 unspecified atom stereocenters. The Morgan fingerprint density at radius 1 is 1.08 bits per heavy atom. The third-order valence-corrected chi connectivity index (χ3v) is 4.43. The van der Waals surface area contributed by atoms with E-state index in [1.54, 1.807) is 4.90 Å². The van der Waals surface area contributed by atoms with E-state index in [1.807, 2.05) is 54.6 Å². The molecule has 1 aliphatic heterocycles. The second-order valence-corrected chi connectivity index (χ2v) is 5.94. The SMILES string of the molecule is N=C1C(c2nc3ccccc3[nH]2)=C(O)[C@@H](c2ccccc2)N1CCO. The molecule has 25 heavy (non-hydrogen) atoms. The molecule has 126 valence electrons. The summed E-state index contributed by atoms with van der Waals surface area (Å²) in [6, 6.07) is 16.6. The van der Waals surface area contributed by atoms with E-state index in [0.29, 0.717) is 11.4 Å². The van der Waals surface area contributed by atoms with E-state index >= 15 is 0 Å². The number of hydrogen-bond donors (Lipinski definition) is 4. The molecular formula is C19H18N4O2. The molecule has 1 aliphatic rings. The van der Waals surface area contributed by atoms with Gasteiger partial charge in [0.1, 0.15) is 23.5 Å². The second kappa shape index (κ2) is 6.07. The first-order valence-corrected chi connectivity index (χ1v) is 8.10. The third kappa shape index (κ3) is 2.47. The molecular weight excluding hydrogens is 316 g/mol. The van der Waals surface area contributed by atoms with Gasteiger partial charge in [0.05, 0.1) is 23.2 Å². The van der Waals surface area contributed by atoms with Crippen LogP contribution >= 0.6 is 0 Å². The number of hydrogen-bond acceptors (Lipinski definition) is 4. The van der Waals surface area contributed by atoms with Crippen LogP contribution < -0.4 is 0 Å². The number of β-amino-alcohol motifs (C(OH)–C–C–N with tert-alkyl or cyclic N) is 1. The Kier molecular flexibility index (Phi) is 3.74. The molecule has 0 radical (unpaired) electrons. The van der Waals surface area contributed by atoms with Gasteiger partial charge in [-0.1, -0.05) is 42.5 Å². The van der Waals surface area contributed by atoms with Gasteiger partial charge in [0.25, 0.3) is 0 Å². The van der Waals surface area contributed by atoms with Gasteiger partial charge in [-0.25, -0.2) is 4.98 Å². The van der Waals surface area contributed by atoms with E-state index in [0.717, 1.165) is 16.6 Å². The van der Waals surface area contributed by atoms with Crippen LogP contribution in [0.5, 0.6) is 0 Å². The fraction of sp³-hybridized carbons (Fsp3) is 0.158. The van der Waals surface area contributed by atoms with Crippen molar-refractivity contribution in [2.75, 3.05) is 13.2 Å². The fourth-order valence-electron chi connectivity index (χ4n) is 3.30. The zero-order valence-electron chi connectivity index (χ0n) is 13.5. The maximum Gasteiger partial charge on any atom is 0.145 e. The zero-order valence-corrected chi connectivity index (χ0v) is 13.5. The van der Waals surface area contributed by atoms with Crippen LogP contribution in [0.2, 0.25) is 0 Å². The number of nitrogens with one attached hydrogen (secondary N) is 2. The van der Waals surface area contributed by atoms with Crippen molar-refractivity contribution in [2.45, 2.75) is 6.04 Å². The first-order valence-electron chi connectivity index (χ1n) is 8.10. The van der Waals surface area contributed by atoms with E-state index < -0.39 is 6.04 Å². The number of aromatic nitrogens is 2. The molecule has 3 aromatic rings. The van der Waals surface area contributed by atoms with E-state index in [4.69, 9.17) is 5.41 Å². The number of amidine groups is 1. The van der Waals surface area contributed by atoms with E-state index in [1.165, 1.54) is 0 Å². The third-order valence-electron chi connectivity index (χ3n) is 4.43. The molecule has 0 saturated carbocycles. The Morgan fingerprint density at radius 3 is 2.52 bits per heavy atom. The predicted octanol–water partition coefficient (Wildman–Crippen LogP) is 2.86. The standard InChI is InChI=1S/C19H18N4O2/c20-18-15(19-21-13-8-4-5-9-14(13)22-19)17(25)16(23(18)10-11-24)12-6-2-1-3-7-12/h1-9,16,20,24-25H,10-11H2,(H,21,22)/t16-/m1/s1. The lowest BCUT2D eigenvalue weighted by atomic mass is 10.0. The molecule has 4 N–H and O–H groups in total. The molecule has 1 atom stereocenters. The van der Waals surface area contributed by atoms with Crippen molar-refractivity contribution in [1.82, 2.24) is 14.9 Å². The Labute approximate surface area is 144 Å². The van der Waals surface area contributed by atoms with Gasteiger partial charge < -0.3 is 20.1 Å². The van der Waals surface area contributed by atoms with Crippen LogP contribution in [-0.2, 0) is 0 Å². The lowest BCUT2D eigenvalue weighted by Gasteiger charge is -2.26. The lowest BCUT2D eigenvalue weighted by molar-refractivity contribution is 0.213. The van der Waals surface area contributed by atoms with E-state index in [9.17, 15) is 10.2 Å². The smallest absolute Gasteiger partial charge is 0.145 e. The normalized spacial score (nSPS) is 17.7. The molecule has 0 spiro atoms. The maximum atomic E-state index is 10.9.